The molecule has 0 radical (unpaired) electrons. The molecule has 0 aliphatic heterocycles. The minimum absolute atomic E-state index is 0.0991. The lowest BCUT2D eigenvalue weighted by atomic mass is 9.95. The highest BCUT2D eigenvalue weighted by atomic mass is 16.1. The van der Waals surface area contributed by atoms with Gasteiger partial charge in [0.2, 0.25) is 0 Å². The van der Waals surface area contributed by atoms with Gasteiger partial charge in [0.1, 0.15) is 5.78 Å². The van der Waals surface area contributed by atoms with Crippen LogP contribution in [0.25, 0.3) is 0 Å². The van der Waals surface area contributed by atoms with Gasteiger partial charge in [0, 0.05) is 18.2 Å². The van der Waals surface area contributed by atoms with Gasteiger partial charge in [-0.25, -0.2) is 0 Å². The summed E-state index contributed by atoms with van der Waals surface area (Å²) in [5.74, 6) is 0.386. The first-order chi connectivity index (χ1) is 9.97. The van der Waals surface area contributed by atoms with E-state index in [9.17, 15) is 4.79 Å². The molecule has 0 aromatic carbocycles. The molecule has 2 atom stereocenters. The first-order valence-corrected chi connectivity index (χ1v) is 8.30. The fourth-order valence-corrected chi connectivity index (χ4v) is 2.60. The summed E-state index contributed by atoms with van der Waals surface area (Å²) in [6.45, 7) is 8.36. The van der Waals surface area contributed by atoms with E-state index in [4.69, 9.17) is 5.73 Å². The average Bonchev–Trinajstić information content (AvgIpc) is 2.88. The third-order valence-electron chi connectivity index (χ3n) is 4.18. The van der Waals surface area contributed by atoms with Gasteiger partial charge in [-0.3, -0.25) is 9.48 Å². The molecule has 2 N–H and O–H groups in total. The lowest BCUT2D eigenvalue weighted by Gasteiger charge is -2.13. The lowest BCUT2D eigenvalue weighted by molar-refractivity contribution is -0.122. The number of nitrogens with two attached hydrogens (primary N) is 1. The van der Waals surface area contributed by atoms with Crippen LogP contribution in [0, 0.1) is 5.92 Å². The van der Waals surface area contributed by atoms with Crippen LogP contribution in [0.4, 0.5) is 0 Å². The second-order valence-corrected chi connectivity index (χ2v) is 6.21. The van der Waals surface area contributed by atoms with E-state index in [2.05, 4.69) is 18.9 Å². The Morgan fingerprint density at radius 1 is 1.29 bits per heavy atom. The number of nitrogens with zero attached hydrogens (tertiary/aromatic N) is 2. The van der Waals surface area contributed by atoms with Crippen LogP contribution in [0.15, 0.2) is 12.3 Å². The third-order valence-corrected chi connectivity index (χ3v) is 4.18. The summed E-state index contributed by atoms with van der Waals surface area (Å²) in [6.07, 6.45) is 7.52. The maximum Gasteiger partial charge on any atom is 0.141 e. The number of carbonyl (C=O) groups is 1. The summed E-state index contributed by atoms with van der Waals surface area (Å²) in [5, 5.41) is 4.56. The van der Waals surface area contributed by atoms with E-state index in [1.807, 2.05) is 30.8 Å². The molecular formula is C17H31N3O. The Balaban J connectivity index is 2.47. The van der Waals surface area contributed by atoms with Crippen molar-refractivity contribution in [2.24, 2.45) is 11.7 Å². The van der Waals surface area contributed by atoms with E-state index in [1.54, 1.807) is 0 Å². The molecule has 4 nitrogen and oxygen atoms in total. The number of Topliss-reactive ketones (excluding diaryl/α,β-unsaturated/α-hetero) is 1. The molecule has 0 aliphatic rings. The van der Waals surface area contributed by atoms with Crippen molar-refractivity contribution in [3.05, 3.63) is 18.0 Å². The zero-order chi connectivity index (χ0) is 15.8. The van der Waals surface area contributed by atoms with E-state index in [1.165, 1.54) is 0 Å². The molecule has 120 valence electrons. The van der Waals surface area contributed by atoms with E-state index < -0.39 is 0 Å². The molecule has 4 heteroatoms. The van der Waals surface area contributed by atoms with Crippen molar-refractivity contribution in [3.8, 4) is 0 Å². The van der Waals surface area contributed by atoms with Crippen molar-refractivity contribution < 1.29 is 4.79 Å². The van der Waals surface area contributed by atoms with Gasteiger partial charge in [-0.15, -0.1) is 0 Å². The highest BCUT2D eigenvalue weighted by molar-refractivity contribution is 5.82. The summed E-state index contributed by atoms with van der Waals surface area (Å²) in [5.41, 5.74) is 6.63. The number of carbonyl (C=O) groups excluding carboxylic acids is 1. The van der Waals surface area contributed by atoms with Crippen LogP contribution in [0.2, 0.25) is 0 Å². The fraction of sp³-hybridized carbons (Fsp3) is 0.765. The Labute approximate surface area is 129 Å². The van der Waals surface area contributed by atoms with E-state index in [0.717, 1.165) is 37.8 Å². The molecule has 1 rings (SSSR count). The lowest BCUT2D eigenvalue weighted by Crippen LogP contribution is -2.17. The van der Waals surface area contributed by atoms with Crippen molar-refractivity contribution in [1.29, 1.82) is 0 Å². The molecule has 0 fully saturated rings. The topological polar surface area (TPSA) is 60.9 Å². The Morgan fingerprint density at radius 3 is 2.52 bits per heavy atom. The molecule has 0 amide bonds. The largest absolute Gasteiger partial charge is 0.328 e. The van der Waals surface area contributed by atoms with Crippen LogP contribution in [0.5, 0.6) is 0 Å². The highest BCUT2D eigenvalue weighted by Gasteiger charge is 2.16. The zero-order valence-corrected chi connectivity index (χ0v) is 14.0. The molecule has 0 saturated heterocycles. The molecule has 0 aliphatic carbocycles. The highest BCUT2D eigenvalue weighted by Crippen LogP contribution is 2.16. The first kappa shape index (κ1) is 17.9. The summed E-state index contributed by atoms with van der Waals surface area (Å²) in [6, 6.07) is 2.64. The van der Waals surface area contributed by atoms with Gasteiger partial charge in [0.05, 0.1) is 18.2 Å². The minimum atomic E-state index is 0.0991. The zero-order valence-electron chi connectivity index (χ0n) is 14.0. The van der Waals surface area contributed by atoms with Gasteiger partial charge < -0.3 is 5.73 Å². The van der Waals surface area contributed by atoms with E-state index >= 15 is 0 Å². The van der Waals surface area contributed by atoms with Gasteiger partial charge in [-0.1, -0.05) is 27.2 Å². The van der Waals surface area contributed by atoms with Gasteiger partial charge >= 0.3 is 0 Å². The molecular weight excluding hydrogens is 262 g/mol. The molecule has 1 heterocycles. The Bertz CT molecular complexity index is 421. The normalized spacial score (nSPS) is 14.4. The molecule has 0 bridgehead atoms. The SMILES string of the molecule is CCC(CC)n1ccc(CC(=O)C(C)CCCC(C)N)n1. The maximum absolute atomic E-state index is 12.2. The standard InChI is InChI=1S/C17H31N3O/c1-5-16(6-2)20-11-10-15(19-20)12-17(21)13(3)8-7-9-14(4)18/h10-11,13-14,16H,5-9,12,18H2,1-4H3. The third kappa shape index (κ3) is 6.00. The van der Waals surface area contributed by atoms with Crippen LogP contribution in [-0.4, -0.2) is 21.6 Å². The van der Waals surface area contributed by atoms with Gasteiger partial charge in [-0.2, -0.15) is 5.10 Å². The smallest absolute Gasteiger partial charge is 0.141 e. The van der Waals surface area contributed by atoms with Crippen molar-refractivity contribution >= 4 is 5.78 Å². The van der Waals surface area contributed by atoms with Crippen LogP contribution in [0.1, 0.15) is 71.5 Å². The molecule has 1 aromatic heterocycles. The quantitative estimate of drug-likeness (QED) is 0.718. The number of ketones is 1. The molecule has 1 aromatic rings. The van der Waals surface area contributed by atoms with E-state index in [0.29, 0.717) is 12.5 Å². The van der Waals surface area contributed by atoms with Crippen molar-refractivity contribution in [2.75, 3.05) is 0 Å². The molecule has 2 unspecified atom stereocenters. The van der Waals surface area contributed by atoms with E-state index in [-0.39, 0.29) is 17.7 Å². The van der Waals surface area contributed by atoms with Crippen LogP contribution in [0.3, 0.4) is 0 Å². The Hall–Kier alpha value is -1.16. The van der Waals surface area contributed by atoms with Crippen LogP contribution >= 0.6 is 0 Å². The second kappa shape index (κ2) is 8.98. The number of hydrogen-bond acceptors (Lipinski definition) is 3. The summed E-state index contributed by atoms with van der Waals surface area (Å²) in [7, 11) is 0. The Morgan fingerprint density at radius 2 is 1.95 bits per heavy atom. The van der Waals surface area contributed by atoms with Gasteiger partial charge in [-0.05, 0) is 38.7 Å². The summed E-state index contributed by atoms with van der Waals surface area (Å²) in [4.78, 5) is 12.2. The first-order valence-electron chi connectivity index (χ1n) is 8.30. The Kier molecular flexibility index (Phi) is 7.65. The molecule has 0 saturated carbocycles. The average molecular weight is 293 g/mol. The van der Waals surface area contributed by atoms with Gasteiger partial charge in [0.15, 0.2) is 0 Å². The maximum atomic E-state index is 12.2. The minimum Gasteiger partial charge on any atom is -0.328 e. The summed E-state index contributed by atoms with van der Waals surface area (Å²) >= 11 is 0. The molecule has 0 spiro atoms. The predicted molar refractivity (Wildman–Crippen MR) is 87.2 cm³/mol. The van der Waals surface area contributed by atoms with Crippen LogP contribution < -0.4 is 5.73 Å². The number of hydrogen-bond donors (Lipinski definition) is 1. The molecule has 21 heavy (non-hydrogen) atoms. The monoisotopic (exact) mass is 293 g/mol. The van der Waals surface area contributed by atoms with Crippen molar-refractivity contribution in [2.45, 2.75) is 78.3 Å². The number of rotatable bonds is 10. The summed E-state index contributed by atoms with van der Waals surface area (Å²) < 4.78 is 2.00. The van der Waals surface area contributed by atoms with Crippen LogP contribution in [-0.2, 0) is 11.2 Å². The van der Waals surface area contributed by atoms with Crippen molar-refractivity contribution in [1.82, 2.24) is 9.78 Å². The number of aromatic nitrogens is 2. The predicted octanol–water partition coefficient (Wildman–Crippen LogP) is 3.51. The van der Waals surface area contributed by atoms with Gasteiger partial charge in [0.25, 0.3) is 0 Å². The fourth-order valence-electron chi connectivity index (χ4n) is 2.60. The van der Waals surface area contributed by atoms with Crippen molar-refractivity contribution in [3.63, 3.8) is 0 Å². The second-order valence-electron chi connectivity index (χ2n) is 6.21.